The summed E-state index contributed by atoms with van der Waals surface area (Å²) in [6.45, 7) is 1.34. The van der Waals surface area contributed by atoms with Crippen molar-refractivity contribution in [1.82, 2.24) is 0 Å². The quantitative estimate of drug-likeness (QED) is 0.682. The molecule has 1 rings (SSSR count). The highest BCUT2D eigenvalue weighted by Crippen LogP contribution is 2.23. The number of amides is 1. The van der Waals surface area contributed by atoms with Gasteiger partial charge in [0.25, 0.3) is 5.91 Å². The number of methoxy groups -OCH3 is 1. The maximum absolute atomic E-state index is 11.6. The van der Waals surface area contributed by atoms with Crippen LogP contribution in [0.1, 0.15) is 17.3 Å². The molecule has 1 N–H and O–H groups in total. The van der Waals surface area contributed by atoms with Crippen molar-refractivity contribution >= 4 is 40.8 Å². The number of benzene rings is 1. The normalized spacial score (nSPS) is 10.8. The smallest absolute Gasteiger partial charge is 0.339 e. The van der Waals surface area contributed by atoms with Crippen LogP contribution >= 0.6 is 23.2 Å². The minimum Gasteiger partial charge on any atom is -0.465 e. The molecule has 0 fully saturated rings. The van der Waals surface area contributed by atoms with Crippen LogP contribution in [0, 0.1) is 0 Å². The molecule has 0 spiro atoms. The molecular formula is C11H11Cl2NO3. The molecular weight excluding hydrogens is 265 g/mol. The monoisotopic (exact) mass is 275 g/mol. The Labute approximate surface area is 109 Å². The standard InChI is InChI=1S/C11H11Cl2NO3/c1-11(12,13)10(16)14-8-6-4-3-5-7(8)9(15)17-2/h3-6H,1-2H3,(H,14,16). The Balaban J connectivity index is 2.99. The highest BCUT2D eigenvalue weighted by molar-refractivity contribution is 6.58. The van der Waals surface area contributed by atoms with E-state index in [1.54, 1.807) is 18.2 Å². The van der Waals surface area contributed by atoms with Gasteiger partial charge in [-0.25, -0.2) is 4.79 Å². The topological polar surface area (TPSA) is 55.4 Å². The third-order valence-electron chi connectivity index (χ3n) is 1.98. The summed E-state index contributed by atoms with van der Waals surface area (Å²) in [4.78, 5) is 23.0. The van der Waals surface area contributed by atoms with Gasteiger partial charge in [-0.2, -0.15) is 0 Å². The van der Waals surface area contributed by atoms with Crippen LogP contribution in [0.25, 0.3) is 0 Å². The summed E-state index contributed by atoms with van der Waals surface area (Å²) in [7, 11) is 1.26. The van der Waals surface area contributed by atoms with Gasteiger partial charge < -0.3 is 10.1 Å². The molecule has 1 amide bonds. The van der Waals surface area contributed by atoms with Crippen molar-refractivity contribution < 1.29 is 14.3 Å². The Morgan fingerprint density at radius 1 is 1.29 bits per heavy atom. The Kier molecular flexibility index (Phi) is 4.37. The van der Waals surface area contributed by atoms with E-state index in [0.717, 1.165) is 0 Å². The number of hydrogen-bond acceptors (Lipinski definition) is 3. The van der Waals surface area contributed by atoms with Gasteiger partial charge in [0.1, 0.15) is 0 Å². The maximum Gasteiger partial charge on any atom is 0.339 e. The zero-order valence-electron chi connectivity index (χ0n) is 9.29. The molecule has 0 heterocycles. The second kappa shape index (κ2) is 5.38. The summed E-state index contributed by atoms with van der Waals surface area (Å²) < 4.78 is 3.02. The van der Waals surface area contributed by atoms with Gasteiger partial charge >= 0.3 is 5.97 Å². The molecule has 1 aromatic carbocycles. The molecule has 0 aliphatic heterocycles. The van der Waals surface area contributed by atoms with Crippen LogP contribution in [0.3, 0.4) is 0 Å². The van der Waals surface area contributed by atoms with Crippen LogP contribution in [0.2, 0.25) is 0 Å². The number of carbonyl (C=O) groups excluding carboxylic acids is 2. The summed E-state index contributed by atoms with van der Waals surface area (Å²) in [6.07, 6.45) is 0. The van der Waals surface area contributed by atoms with Gasteiger partial charge in [-0.3, -0.25) is 4.79 Å². The van der Waals surface area contributed by atoms with E-state index in [4.69, 9.17) is 23.2 Å². The Hall–Kier alpha value is -1.26. The summed E-state index contributed by atoms with van der Waals surface area (Å²) in [5.41, 5.74) is 0.540. The van der Waals surface area contributed by atoms with Crippen LogP contribution in [0.5, 0.6) is 0 Å². The van der Waals surface area contributed by atoms with Gasteiger partial charge in [-0.15, -0.1) is 0 Å². The fourth-order valence-electron chi connectivity index (χ4n) is 1.11. The average Bonchev–Trinajstić information content (AvgIpc) is 2.27. The first-order valence-corrected chi connectivity index (χ1v) is 5.48. The first-order chi connectivity index (χ1) is 7.86. The molecule has 4 nitrogen and oxygen atoms in total. The minimum absolute atomic E-state index is 0.237. The van der Waals surface area contributed by atoms with Gasteiger partial charge in [0.2, 0.25) is 0 Å². The predicted octanol–water partition coefficient (Wildman–Crippen LogP) is 2.61. The molecule has 0 unspecified atom stereocenters. The summed E-state index contributed by atoms with van der Waals surface area (Å²) in [6, 6.07) is 6.41. The Bertz CT molecular complexity index is 441. The van der Waals surface area contributed by atoms with E-state index < -0.39 is 16.2 Å². The molecule has 0 aliphatic rings. The van der Waals surface area contributed by atoms with Crippen molar-refractivity contribution in [3.63, 3.8) is 0 Å². The molecule has 17 heavy (non-hydrogen) atoms. The maximum atomic E-state index is 11.6. The number of carbonyl (C=O) groups is 2. The minimum atomic E-state index is -1.57. The highest BCUT2D eigenvalue weighted by atomic mass is 35.5. The van der Waals surface area contributed by atoms with Gasteiger partial charge in [0, 0.05) is 0 Å². The number of esters is 1. The lowest BCUT2D eigenvalue weighted by molar-refractivity contribution is -0.116. The fraction of sp³-hybridized carbons (Fsp3) is 0.273. The highest BCUT2D eigenvalue weighted by Gasteiger charge is 2.28. The second-order valence-corrected chi connectivity index (χ2v) is 5.08. The first-order valence-electron chi connectivity index (χ1n) is 4.73. The van der Waals surface area contributed by atoms with Crippen molar-refractivity contribution in [2.45, 2.75) is 11.3 Å². The zero-order chi connectivity index (χ0) is 13.1. The number of anilines is 1. The van der Waals surface area contributed by atoms with Crippen LogP contribution in [0.4, 0.5) is 5.69 Å². The molecule has 92 valence electrons. The lowest BCUT2D eigenvalue weighted by Crippen LogP contribution is -2.29. The number of para-hydroxylation sites is 1. The van der Waals surface area contributed by atoms with Crippen molar-refractivity contribution in [2.24, 2.45) is 0 Å². The number of ether oxygens (including phenoxy) is 1. The SMILES string of the molecule is COC(=O)c1ccccc1NC(=O)C(C)(Cl)Cl. The molecule has 0 bridgehead atoms. The first kappa shape index (κ1) is 13.8. The molecule has 0 aromatic heterocycles. The lowest BCUT2D eigenvalue weighted by Gasteiger charge is -2.15. The van der Waals surface area contributed by atoms with Gasteiger partial charge in [-0.1, -0.05) is 35.3 Å². The van der Waals surface area contributed by atoms with Crippen molar-refractivity contribution in [3.05, 3.63) is 29.8 Å². The van der Waals surface area contributed by atoms with Crippen molar-refractivity contribution in [1.29, 1.82) is 0 Å². The largest absolute Gasteiger partial charge is 0.465 e. The van der Waals surface area contributed by atoms with Crippen molar-refractivity contribution in [2.75, 3.05) is 12.4 Å². The third kappa shape index (κ3) is 3.61. The predicted molar refractivity (Wildman–Crippen MR) is 66.5 cm³/mol. The fourth-order valence-corrected chi connectivity index (χ4v) is 1.21. The van der Waals surface area contributed by atoms with Crippen LogP contribution in [-0.2, 0) is 9.53 Å². The number of nitrogens with one attached hydrogen (secondary N) is 1. The van der Waals surface area contributed by atoms with E-state index in [2.05, 4.69) is 10.1 Å². The zero-order valence-corrected chi connectivity index (χ0v) is 10.8. The Morgan fingerprint density at radius 3 is 2.41 bits per heavy atom. The molecule has 0 atom stereocenters. The number of halogens is 2. The third-order valence-corrected chi connectivity index (χ3v) is 2.32. The van der Waals surface area contributed by atoms with Crippen LogP contribution in [-0.4, -0.2) is 23.3 Å². The molecule has 0 saturated heterocycles. The van der Waals surface area contributed by atoms with E-state index in [9.17, 15) is 9.59 Å². The van der Waals surface area contributed by atoms with E-state index in [1.807, 2.05) is 0 Å². The van der Waals surface area contributed by atoms with Gasteiger partial charge in [0.05, 0.1) is 18.4 Å². The van der Waals surface area contributed by atoms with Crippen LogP contribution in [0.15, 0.2) is 24.3 Å². The van der Waals surface area contributed by atoms with Crippen LogP contribution < -0.4 is 5.32 Å². The Morgan fingerprint density at radius 2 is 1.88 bits per heavy atom. The average molecular weight is 276 g/mol. The summed E-state index contributed by atoms with van der Waals surface area (Å²) in [5.74, 6) is -1.16. The van der Waals surface area contributed by atoms with Gasteiger partial charge in [-0.05, 0) is 19.1 Å². The van der Waals surface area contributed by atoms with Crippen molar-refractivity contribution in [3.8, 4) is 0 Å². The lowest BCUT2D eigenvalue weighted by atomic mass is 10.1. The molecule has 0 aliphatic carbocycles. The molecule has 0 saturated carbocycles. The number of rotatable bonds is 3. The van der Waals surface area contributed by atoms with E-state index in [1.165, 1.54) is 20.1 Å². The van der Waals surface area contributed by atoms with E-state index in [-0.39, 0.29) is 5.56 Å². The van der Waals surface area contributed by atoms with Gasteiger partial charge in [0.15, 0.2) is 4.33 Å². The van der Waals surface area contributed by atoms with E-state index in [0.29, 0.717) is 5.69 Å². The van der Waals surface area contributed by atoms with E-state index >= 15 is 0 Å². The second-order valence-electron chi connectivity index (χ2n) is 3.38. The molecule has 1 aromatic rings. The number of alkyl halides is 2. The summed E-state index contributed by atoms with van der Waals surface area (Å²) >= 11 is 11.3. The number of hydrogen-bond donors (Lipinski definition) is 1. The molecule has 6 heteroatoms. The molecule has 0 radical (unpaired) electrons. The summed E-state index contributed by atoms with van der Waals surface area (Å²) in [5, 5.41) is 2.46.